The summed E-state index contributed by atoms with van der Waals surface area (Å²) in [4.78, 5) is 2.65. The van der Waals surface area contributed by atoms with Gasteiger partial charge in [0.2, 0.25) is 0 Å². The number of hydrogen-bond donors (Lipinski definition) is 2. The molecule has 1 aliphatic rings. The number of aliphatic hydroxyl groups excluding tert-OH is 1. The molecule has 1 aliphatic heterocycles. The van der Waals surface area contributed by atoms with Crippen LogP contribution in [0.3, 0.4) is 0 Å². The minimum Gasteiger partial charge on any atom is -0.396 e. The van der Waals surface area contributed by atoms with Crippen molar-refractivity contribution >= 4 is 0 Å². The molecule has 3 atom stereocenters. The number of nitrogens with zero attached hydrogens (tertiary/aromatic N) is 1. The van der Waals surface area contributed by atoms with Gasteiger partial charge in [0.05, 0.1) is 0 Å². The molecule has 0 aromatic rings. The monoisotopic (exact) mass is 284 g/mol. The first-order valence-corrected chi connectivity index (χ1v) is 8.65. The molecule has 20 heavy (non-hydrogen) atoms. The summed E-state index contributed by atoms with van der Waals surface area (Å²) in [6.45, 7) is 13.1. The molecule has 3 heteroatoms. The Kier molecular flexibility index (Phi) is 8.74. The molecule has 0 aromatic carbocycles. The van der Waals surface area contributed by atoms with Crippen molar-refractivity contribution < 1.29 is 5.11 Å². The van der Waals surface area contributed by atoms with Gasteiger partial charge in [0, 0.05) is 31.8 Å². The fourth-order valence-electron chi connectivity index (χ4n) is 3.17. The van der Waals surface area contributed by atoms with Crippen molar-refractivity contribution in [2.24, 2.45) is 11.8 Å². The molecular weight excluding hydrogens is 248 g/mol. The van der Waals surface area contributed by atoms with Gasteiger partial charge in [-0.25, -0.2) is 0 Å². The van der Waals surface area contributed by atoms with Gasteiger partial charge in [-0.2, -0.15) is 0 Å². The lowest BCUT2D eigenvalue weighted by atomic mass is 9.89. The van der Waals surface area contributed by atoms with Crippen LogP contribution in [0.25, 0.3) is 0 Å². The molecule has 0 saturated carbocycles. The summed E-state index contributed by atoms with van der Waals surface area (Å²) in [5.74, 6) is 1.53. The van der Waals surface area contributed by atoms with Crippen LogP contribution in [0, 0.1) is 11.8 Å². The van der Waals surface area contributed by atoms with E-state index in [4.69, 9.17) is 5.11 Å². The molecule has 0 radical (unpaired) electrons. The topological polar surface area (TPSA) is 35.5 Å². The third kappa shape index (κ3) is 6.55. The van der Waals surface area contributed by atoms with Crippen LogP contribution in [-0.4, -0.2) is 48.3 Å². The molecule has 0 spiro atoms. The average Bonchev–Trinajstić information content (AvgIpc) is 2.43. The van der Waals surface area contributed by atoms with Gasteiger partial charge in [-0.15, -0.1) is 0 Å². The quantitative estimate of drug-likeness (QED) is 0.683. The number of aliphatic hydroxyl groups is 1. The summed E-state index contributed by atoms with van der Waals surface area (Å²) in [5.41, 5.74) is 0. The molecule has 1 fully saturated rings. The van der Waals surface area contributed by atoms with E-state index in [0.717, 1.165) is 24.8 Å². The van der Waals surface area contributed by atoms with Gasteiger partial charge >= 0.3 is 0 Å². The molecule has 1 rings (SSSR count). The Morgan fingerprint density at radius 3 is 2.60 bits per heavy atom. The van der Waals surface area contributed by atoms with Gasteiger partial charge in [-0.3, -0.25) is 4.90 Å². The van der Waals surface area contributed by atoms with Crippen molar-refractivity contribution in [1.82, 2.24) is 10.2 Å². The predicted molar refractivity (Wildman–Crippen MR) is 87.0 cm³/mol. The molecule has 3 unspecified atom stereocenters. The lowest BCUT2D eigenvalue weighted by Gasteiger charge is -2.41. The second kappa shape index (κ2) is 9.75. The lowest BCUT2D eigenvalue weighted by Crippen LogP contribution is -2.52. The van der Waals surface area contributed by atoms with Crippen LogP contribution in [0.4, 0.5) is 0 Å². The minimum atomic E-state index is 0.339. The van der Waals surface area contributed by atoms with Crippen LogP contribution in [0.1, 0.15) is 59.8 Å². The number of nitrogens with one attached hydrogen (secondary N) is 1. The normalized spacial score (nSPS) is 26.1. The van der Waals surface area contributed by atoms with Crippen molar-refractivity contribution in [3.63, 3.8) is 0 Å². The first kappa shape index (κ1) is 17.9. The smallest absolute Gasteiger partial charge is 0.0431 e. The molecule has 120 valence electrons. The Balaban J connectivity index is 2.46. The Morgan fingerprint density at radius 1 is 1.25 bits per heavy atom. The van der Waals surface area contributed by atoms with Crippen molar-refractivity contribution in [1.29, 1.82) is 0 Å². The average molecular weight is 284 g/mol. The number of rotatable bonds is 9. The predicted octanol–water partition coefficient (Wildman–Crippen LogP) is 2.88. The van der Waals surface area contributed by atoms with Crippen LogP contribution in [0.5, 0.6) is 0 Å². The van der Waals surface area contributed by atoms with Crippen molar-refractivity contribution in [3.8, 4) is 0 Å². The van der Waals surface area contributed by atoms with E-state index >= 15 is 0 Å². The highest BCUT2D eigenvalue weighted by molar-refractivity contribution is 4.85. The molecule has 0 aromatic heterocycles. The lowest BCUT2D eigenvalue weighted by molar-refractivity contribution is 0.0943. The van der Waals surface area contributed by atoms with Crippen LogP contribution in [-0.2, 0) is 0 Å². The van der Waals surface area contributed by atoms with Gasteiger partial charge in [-0.05, 0) is 57.4 Å². The van der Waals surface area contributed by atoms with Crippen LogP contribution in [0.15, 0.2) is 0 Å². The van der Waals surface area contributed by atoms with Crippen LogP contribution >= 0.6 is 0 Å². The molecule has 0 amide bonds. The van der Waals surface area contributed by atoms with Gasteiger partial charge in [0.15, 0.2) is 0 Å². The van der Waals surface area contributed by atoms with Gasteiger partial charge < -0.3 is 10.4 Å². The van der Waals surface area contributed by atoms with Crippen molar-refractivity contribution in [3.05, 3.63) is 0 Å². The van der Waals surface area contributed by atoms with E-state index in [0.29, 0.717) is 18.7 Å². The molecule has 3 nitrogen and oxygen atoms in total. The standard InChI is InChI=1S/C17H36N2O/c1-5-15(4)19-12-16(7-6-10-20)11-17(13-19)18-9-8-14(2)3/h14-18,20H,5-13H2,1-4H3. The van der Waals surface area contributed by atoms with E-state index in [1.165, 1.54) is 38.8 Å². The maximum absolute atomic E-state index is 9.06. The summed E-state index contributed by atoms with van der Waals surface area (Å²) in [6, 6.07) is 1.32. The summed E-state index contributed by atoms with van der Waals surface area (Å²) < 4.78 is 0. The van der Waals surface area contributed by atoms with Crippen molar-refractivity contribution in [2.75, 3.05) is 26.2 Å². The second-order valence-corrected chi connectivity index (χ2v) is 7.01. The number of piperidine rings is 1. The van der Waals surface area contributed by atoms with Gasteiger partial charge in [0.25, 0.3) is 0 Å². The zero-order chi connectivity index (χ0) is 15.0. The summed E-state index contributed by atoms with van der Waals surface area (Å²) in [7, 11) is 0. The second-order valence-electron chi connectivity index (χ2n) is 7.01. The highest BCUT2D eigenvalue weighted by Gasteiger charge is 2.28. The Bertz CT molecular complexity index is 245. The zero-order valence-electron chi connectivity index (χ0n) is 14.1. The summed E-state index contributed by atoms with van der Waals surface area (Å²) in [5, 5.41) is 12.8. The summed E-state index contributed by atoms with van der Waals surface area (Å²) in [6.07, 6.45) is 5.90. The zero-order valence-corrected chi connectivity index (χ0v) is 14.1. The molecule has 0 aliphatic carbocycles. The van der Waals surface area contributed by atoms with E-state index in [-0.39, 0.29) is 0 Å². The Labute approximate surface area is 126 Å². The van der Waals surface area contributed by atoms with E-state index in [1.807, 2.05) is 0 Å². The largest absolute Gasteiger partial charge is 0.396 e. The first-order chi connectivity index (χ1) is 9.56. The van der Waals surface area contributed by atoms with Gasteiger partial charge in [0.1, 0.15) is 0 Å². The Morgan fingerprint density at radius 2 is 2.00 bits per heavy atom. The Hall–Kier alpha value is -0.120. The fourth-order valence-corrected chi connectivity index (χ4v) is 3.17. The fraction of sp³-hybridized carbons (Fsp3) is 1.00. The highest BCUT2D eigenvalue weighted by atomic mass is 16.2. The molecule has 1 heterocycles. The SMILES string of the molecule is CCC(C)N1CC(CCCO)CC(NCCC(C)C)C1. The highest BCUT2D eigenvalue weighted by Crippen LogP contribution is 2.23. The first-order valence-electron chi connectivity index (χ1n) is 8.65. The maximum Gasteiger partial charge on any atom is 0.0431 e. The molecular formula is C17H36N2O. The molecule has 0 bridgehead atoms. The van der Waals surface area contributed by atoms with E-state index in [1.54, 1.807) is 0 Å². The van der Waals surface area contributed by atoms with Crippen molar-refractivity contribution in [2.45, 2.75) is 71.9 Å². The number of hydrogen-bond acceptors (Lipinski definition) is 3. The summed E-state index contributed by atoms with van der Waals surface area (Å²) >= 11 is 0. The van der Waals surface area contributed by atoms with E-state index in [2.05, 4.69) is 37.9 Å². The maximum atomic E-state index is 9.06. The third-order valence-electron chi connectivity index (χ3n) is 4.70. The van der Waals surface area contributed by atoms with E-state index < -0.39 is 0 Å². The van der Waals surface area contributed by atoms with Crippen LogP contribution in [0.2, 0.25) is 0 Å². The van der Waals surface area contributed by atoms with E-state index in [9.17, 15) is 0 Å². The third-order valence-corrected chi connectivity index (χ3v) is 4.70. The number of likely N-dealkylation sites (tertiary alicyclic amines) is 1. The minimum absolute atomic E-state index is 0.339. The molecule has 2 N–H and O–H groups in total. The van der Waals surface area contributed by atoms with Gasteiger partial charge in [-0.1, -0.05) is 20.8 Å². The van der Waals surface area contributed by atoms with Crippen LogP contribution < -0.4 is 5.32 Å². The molecule has 1 saturated heterocycles.